The first-order valence-electron chi connectivity index (χ1n) is 7.25. The number of halogens is 1. The highest BCUT2D eigenvalue weighted by Gasteiger charge is 2.12. The molecule has 2 aromatic rings. The smallest absolute Gasteiger partial charge is 0.265 e. The third kappa shape index (κ3) is 5.06. The van der Waals surface area contributed by atoms with Crippen LogP contribution < -0.4 is 16.0 Å². The van der Waals surface area contributed by atoms with Crippen molar-refractivity contribution in [1.29, 1.82) is 0 Å². The van der Waals surface area contributed by atoms with Crippen LogP contribution in [0.3, 0.4) is 0 Å². The Morgan fingerprint density at radius 3 is 2.70 bits per heavy atom. The van der Waals surface area contributed by atoms with Crippen LogP contribution in [-0.4, -0.2) is 31.4 Å². The summed E-state index contributed by atoms with van der Waals surface area (Å²) in [6.07, 6.45) is 0. The number of benzene rings is 1. The van der Waals surface area contributed by atoms with Crippen LogP contribution in [-0.2, 0) is 0 Å². The number of carbonyl (C=O) groups is 2. The van der Waals surface area contributed by atoms with Crippen molar-refractivity contribution >= 4 is 40.4 Å². The molecule has 0 radical (unpaired) electrons. The second kappa shape index (κ2) is 8.67. The molecule has 0 atom stereocenters. The van der Waals surface area contributed by atoms with Crippen LogP contribution in [0.5, 0.6) is 0 Å². The lowest BCUT2D eigenvalue weighted by molar-refractivity contribution is 0.0952. The van der Waals surface area contributed by atoms with E-state index in [9.17, 15) is 9.59 Å². The van der Waals surface area contributed by atoms with Crippen LogP contribution in [0.4, 0.5) is 5.69 Å². The molecule has 0 bridgehead atoms. The summed E-state index contributed by atoms with van der Waals surface area (Å²) in [6.45, 7) is 4.10. The third-order valence-electron chi connectivity index (χ3n) is 3.06. The maximum Gasteiger partial charge on any atom is 0.265 e. The number of rotatable bonds is 7. The van der Waals surface area contributed by atoms with Crippen LogP contribution >= 0.6 is 22.9 Å². The first-order chi connectivity index (χ1) is 11.1. The van der Waals surface area contributed by atoms with Gasteiger partial charge in [0.15, 0.2) is 0 Å². The standard InChI is InChI=1S/C16H18ClN3O2S/c1-2-18-7-8-19-15(21)11-5-6-12(17)13(10-11)20-16(22)14-4-3-9-23-14/h3-6,9-10,18H,2,7-8H2,1H3,(H,19,21)(H,20,22). The lowest BCUT2D eigenvalue weighted by atomic mass is 10.2. The fourth-order valence-corrected chi connectivity index (χ4v) is 2.68. The molecule has 5 nitrogen and oxygen atoms in total. The average molecular weight is 352 g/mol. The van der Waals surface area contributed by atoms with Crippen molar-refractivity contribution in [1.82, 2.24) is 10.6 Å². The number of carbonyl (C=O) groups excluding carboxylic acids is 2. The van der Waals surface area contributed by atoms with Gasteiger partial charge < -0.3 is 16.0 Å². The molecule has 7 heteroatoms. The lowest BCUT2D eigenvalue weighted by Gasteiger charge is -2.10. The van der Waals surface area contributed by atoms with E-state index in [0.717, 1.165) is 6.54 Å². The Hall–Kier alpha value is -1.89. The van der Waals surface area contributed by atoms with E-state index in [2.05, 4.69) is 16.0 Å². The van der Waals surface area contributed by atoms with Crippen molar-refractivity contribution in [2.24, 2.45) is 0 Å². The normalized spacial score (nSPS) is 10.3. The molecule has 0 aliphatic carbocycles. The van der Waals surface area contributed by atoms with E-state index in [0.29, 0.717) is 34.2 Å². The van der Waals surface area contributed by atoms with Gasteiger partial charge in [-0.25, -0.2) is 0 Å². The lowest BCUT2D eigenvalue weighted by Crippen LogP contribution is -2.31. The fourth-order valence-electron chi connectivity index (χ4n) is 1.90. The van der Waals surface area contributed by atoms with Crippen molar-refractivity contribution in [3.05, 3.63) is 51.2 Å². The largest absolute Gasteiger partial charge is 0.351 e. The number of nitrogens with one attached hydrogen (secondary N) is 3. The molecule has 2 rings (SSSR count). The summed E-state index contributed by atoms with van der Waals surface area (Å²) in [5.41, 5.74) is 0.872. The van der Waals surface area contributed by atoms with Gasteiger partial charge in [-0.3, -0.25) is 9.59 Å². The molecule has 2 amide bonds. The van der Waals surface area contributed by atoms with E-state index in [4.69, 9.17) is 11.6 Å². The molecule has 0 spiro atoms. The monoisotopic (exact) mass is 351 g/mol. The second-order valence-corrected chi connectivity index (χ2v) is 6.09. The Balaban J connectivity index is 2.03. The molecule has 23 heavy (non-hydrogen) atoms. The van der Waals surface area contributed by atoms with E-state index in [1.165, 1.54) is 11.3 Å². The van der Waals surface area contributed by atoms with Gasteiger partial charge >= 0.3 is 0 Å². The van der Waals surface area contributed by atoms with E-state index >= 15 is 0 Å². The summed E-state index contributed by atoms with van der Waals surface area (Å²) in [7, 11) is 0. The van der Waals surface area contributed by atoms with Crippen LogP contribution in [0.15, 0.2) is 35.7 Å². The SMILES string of the molecule is CCNCCNC(=O)c1ccc(Cl)c(NC(=O)c2cccs2)c1. The number of anilines is 1. The van der Waals surface area contributed by atoms with Gasteiger partial charge in [-0.05, 0) is 36.2 Å². The topological polar surface area (TPSA) is 70.2 Å². The van der Waals surface area contributed by atoms with E-state index < -0.39 is 0 Å². The number of amides is 2. The van der Waals surface area contributed by atoms with Crippen LogP contribution in [0.1, 0.15) is 27.0 Å². The van der Waals surface area contributed by atoms with Crippen molar-refractivity contribution in [3.8, 4) is 0 Å². The highest BCUT2D eigenvalue weighted by molar-refractivity contribution is 7.12. The Morgan fingerprint density at radius 1 is 1.17 bits per heavy atom. The molecule has 122 valence electrons. The maximum atomic E-state index is 12.1. The summed E-state index contributed by atoms with van der Waals surface area (Å²) in [5.74, 6) is -0.446. The highest BCUT2D eigenvalue weighted by atomic mass is 35.5. The molecule has 1 aromatic heterocycles. The zero-order chi connectivity index (χ0) is 16.7. The molecule has 0 unspecified atom stereocenters. The molecule has 0 aliphatic rings. The zero-order valence-corrected chi connectivity index (χ0v) is 14.3. The molecular formula is C16H18ClN3O2S. The van der Waals surface area contributed by atoms with E-state index in [1.807, 2.05) is 12.3 Å². The molecule has 0 fully saturated rings. The van der Waals surface area contributed by atoms with Crippen LogP contribution in [0.25, 0.3) is 0 Å². The van der Waals surface area contributed by atoms with Crippen molar-refractivity contribution in [3.63, 3.8) is 0 Å². The summed E-state index contributed by atoms with van der Waals surface area (Å²) < 4.78 is 0. The van der Waals surface area contributed by atoms with Crippen LogP contribution in [0, 0.1) is 0 Å². The second-order valence-electron chi connectivity index (χ2n) is 4.74. The summed E-state index contributed by atoms with van der Waals surface area (Å²) in [4.78, 5) is 24.8. The zero-order valence-electron chi connectivity index (χ0n) is 12.7. The average Bonchev–Trinajstić information content (AvgIpc) is 3.08. The van der Waals surface area contributed by atoms with Crippen LogP contribution in [0.2, 0.25) is 5.02 Å². The Bertz CT molecular complexity index is 674. The van der Waals surface area contributed by atoms with Gasteiger partial charge in [0.25, 0.3) is 11.8 Å². The van der Waals surface area contributed by atoms with Crippen molar-refractivity contribution < 1.29 is 9.59 Å². The number of likely N-dealkylation sites (N-methyl/N-ethyl adjacent to an activating group) is 1. The Morgan fingerprint density at radius 2 is 2.00 bits per heavy atom. The van der Waals surface area contributed by atoms with Gasteiger partial charge in [0.05, 0.1) is 15.6 Å². The minimum absolute atomic E-state index is 0.203. The third-order valence-corrected chi connectivity index (χ3v) is 4.26. The minimum Gasteiger partial charge on any atom is -0.351 e. The number of hydrogen-bond donors (Lipinski definition) is 3. The number of thiophene rings is 1. The van der Waals surface area contributed by atoms with Gasteiger partial charge in [0, 0.05) is 18.7 Å². The predicted molar refractivity (Wildman–Crippen MR) is 94.6 cm³/mol. The molecule has 3 N–H and O–H groups in total. The minimum atomic E-state index is -0.244. The summed E-state index contributed by atoms with van der Waals surface area (Å²) in [5, 5.41) is 10.9. The fraction of sp³-hybridized carbons (Fsp3) is 0.250. The van der Waals surface area contributed by atoms with Gasteiger partial charge in [-0.2, -0.15) is 0 Å². The maximum absolute atomic E-state index is 12.1. The van der Waals surface area contributed by atoms with Gasteiger partial charge in [-0.15, -0.1) is 11.3 Å². The van der Waals surface area contributed by atoms with Gasteiger partial charge in [-0.1, -0.05) is 24.6 Å². The first kappa shape index (κ1) is 17.5. The molecule has 1 heterocycles. The Labute approximate surface area is 144 Å². The van der Waals surface area contributed by atoms with Gasteiger partial charge in [0.1, 0.15) is 0 Å². The molecular weight excluding hydrogens is 334 g/mol. The Kier molecular flexibility index (Phi) is 6.58. The van der Waals surface area contributed by atoms with E-state index in [-0.39, 0.29) is 11.8 Å². The predicted octanol–water partition coefficient (Wildman–Crippen LogP) is 2.99. The molecule has 0 saturated carbocycles. The molecule has 1 aromatic carbocycles. The van der Waals surface area contributed by atoms with Crippen molar-refractivity contribution in [2.75, 3.05) is 25.0 Å². The molecule has 0 aliphatic heterocycles. The molecule has 0 saturated heterocycles. The summed E-state index contributed by atoms with van der Waals surface area (Å²) >= 11 is 7.44. The first-order valence-corrected chi connectivity index (χ1v) is 8.51. The summed E-state index contributed by atoms with van der Waals surface area (Å²) in [6, 6.07) is 8.34. The number of hydrogen-bond acceptors (Lipinski definition) is 4. The highest BCUT2D eigenvalue weighted by Crippen LogP contribution is 2.24. The van der Waals surface area contributed by atoms with Crippen molar-refractivity contribution in [2.45, 2.75) is 6.92 Å². The van der Waals surface area contributed by atoms with E-state index in [1.54, 1.807) is 30.3 Å². The van der Waals surface area contributed by atoms with Gasteiger partial charge in [0.2, 0.25) is 0 Å². The quantitative estimate of drug-likeness (QED) is 0.671.